The van der Waals surface area contributed by atoms with Crippen molar-refractivity contribution in [3.8, 4) is 0 Å². The molecule has 144 valence electrons. The Morgan fingerprint density at radius 1 is 1.22 bits per heavy atom. The van der Waals surface area contributed by atoms with Gasteiger partial charge < -0.3 is 10.3 Å². The summed E-state index contributed by atoms with van der Waals surface area (Å²) in [7, 11) is 0. The number of rotatable bonds is 7. The highest BCUT2D eigenvalue weighted by molar-refractivity contribution is 7.98. The molecule has 0 unspecified atom stereocenters. The molecule has 27 heavy (non-hydrogen) atoms. The van der Waals surface area contributed by atoms with E-state index in [2.05, 4.69) is 27.4 Å². The molecule has 0 saturated heterocycles. The molecular weight excluding hydrogens is 358 g/mol. The standard InChI is InChI=1S/C21H27N3O2S/c1-15-18(12-13-19(25)23-17-10-6-3-7-11-17)20(26)24-21(22-15)27-14-16-8-4-2-5-9-16/h2,4-5,8-9,17H,3,6-7,10-14H2,1H3,(H,23,25)(H,22,24,26). The minimum Gasteiger partial charge on any atom is -0.353 e. The van der Waals surface area contributed by atoms with E-state index >= 15 is 0 Å². The summed E-state index contributed by atoms with van der Waals surface area (Å²) in [4.78, 5) is 32.0. The van der Waals surface area contributed by atoms with Gasteiger partial charge in [-0.1, -0.05) is 61.4 Å². The third-order valence-corrected chi connectivity index (χ3v) is 5.94. The summed E-state index contributed by atoms with van der Waals surface area (Å²) >= 11 is 1.51. The molecule has 1 amide bonds. The van der Waals surface area contributed by atoms with Crippen LogP contribution in [0.3, 0.4) is 0 Å². The second-order valence-corrected chi connectivity index (χ2v) is 8.08. The predicted octanol–water partition coefficient (Wildman–Crippen LogP) is 3.75. The van der Waals surface area contributed by atoms with Crippen molar-refractivity contribution in [1.82, 2.24) is 15.3 Å². The zero-order chi connectivity index (χ0) is 19.1. The molecule has 1 aromatic carbocycles. The molecule has 0 aliphatic heterocycles. The Hall–Kier alpha value is -2.08. The van der Waals surface area contributed by atoms with Crippen LogP contribution in [-0.4, -0.2) is 21.9 Å². The average molecular weight is 386 g/mol. The highest BCUT2D eigenvalue weighted by atomic mass is 32.2. The Morgan fingerprint density at radius 2 is 1.96 bits per heavy atom. The van der Waals surface area contributed by atoms with Gasteiger partial charge in [0.05, 0.1) is 0 Å². The van der Waals surface area contributed by atoms with Crippen molar-refractivity contribution < 1.29 is 4.79 Å². The van der Waals surface area contributed by atoms with Crippen LogP contribution in [-0.2, 0) is 17.0 Å². The number of aromatic amines is 1. The fourth-order valence-electron chi connectivity index (χ4n) is 3.46. The normalized spacial score (nSPS) is 14.9. The lowest BCUT2D eigenvalue weighted by Gasteiger charge is -2.22. The topological polar surface area (TPSA) is 74.8 Å². The maximum absolute atomic E-state index is 12.4. The summed E-state index contributed by atoms with van der Waals surface area (Å²) in [5.41, 5.74) is 2.37. The maximum atomic E-state index is 12.4. The second-order valence-electron chi connectivity index (χ2n) is 7.11. The van der Waals surface area contributed by atoms with E-state index < -0.39 is 0 Å². The summed E-state index contributed by atoms with van der Waals surface area (Å²) in [6.07, 6.45) is 6.54. The number of nitrogens with one attached hydrogen (secondary N) is 2. The summed E-state index contributed by atoms with van der Waals surface area (Å²) in [5.74, 6) is 0.787. The third-order valence-electron chi connectivity index (χ3n) is 4.99. The molecule has 5 nitrogen and oxygen atoms in total. The van der Waals surface area contributed by atoms with E-state index in [-0.39, 0.29) is 11.5 Å². The smallest absolute Gasteiger partial charge is 0.254 e. The molecule has 1 aliphatic carbocycles. The van der Waals surface area contributed by atoms with Gasteiger partial charge in [-0.3, -0.25) is 9.59 Å². The van der Waals surface area contributed by atoms with Crippen LogP contribution in [0, 0.1) is 6.92 Å². The lowest BCUT2D eigenvalue weighted by molar-refractivity contribution is -0.121. The molecule has 1 aromatic heterocycles. The van der Waals surface area contributed by atoms with E-state index in [0.717, 1.165) is 18.6 Å². The highest BCUT2D eigenvalue weighted by Crippen LogP contribution is 2.19. The van der Waals surface area contributed by atoms with Crippen LogP contribution in [0.4, 0.5) is 0 Å². The third kappa shape index (κ3) is 5.96. The zero-order valence-corrected chi connectivity index (χ0v) is 16.6. The number of aromatic nitrogens is 2. The lowest BCUT2D eigenvalue weighted by Crippen LogP contribution is -2.36. The van der Waals surface area contributed by atoms with Gasteiger partial charge in [0, 0.05) is 29.5 Å². The number of benzene rings is 1. The van der Waals surface area contributed by atoms with E-state index in [1.54, 1.807) is 0 Å². The molecule has 1 heterocycles. The van der Waals surface area contributed by atoms with Gasteiger partial charge in [0.15, 0.2) is 5.16 Å². The Bertz CT molecular complexity index is 814. The molecular formula is C21H27N3O2S. The summed E-state index contributed by atoms with van der Waals surface area (Å²) in [6, 6.07) is 10.4. The predicted molar refractivity (Wildman–Crippen MR) is 109 cm³/mol. The number of carbonyl (C=O) groups is 1. The second kappa shape index (κ2) is 9.74. The number of hydrogen-bond acceptors (Lipinski definition) is 4. The summed E-state index contributed by atoms with van der Waals surface area (Å²) in [5, 5.41) is 3.72. The Balaban J connectivity index is 1.54. The zero-order valence-electron chi connectivity index (χ0n) is 15.8. The van der Waals surface area contributed by atoms with Crippen molar-refractivity contribution in [2.24, 2.45) is 0 Å². The Morgan fingerprint density at radius 3 is 2.67 bits per heavy atom. The number of aryl methyl sites for hydroxylation is 1. The number of hydrogen-bond donors (Lipinski definition) is 2. The number of thioether (sulfide) groups is 1. The first kappa shape index (κ1) is 19.7. The van der Waals surface area contributed by atoms with Crippen molar-refractivity contribution in [2.75, 3.05) is 0 Å². The number of H-pyrrole nitrogens is 1. The molecule has 1 saturated carbocycles. The van der Waals surface area contributed by atoms with Crippen LogP contribution in [0.5, 0.6) is 0 Å². The first-order valence-corrected chi connectivity index (χ1v) is 10.7. The largest absolute Gasteiger partial charge is 0.353 e. The highest BCUT2D eigenvalue weighted by Gasteiger charge is 2.16. The fourth-order valence-corrected chi connectivity index (χ4v) is 4.32. The maximum Gasteiger partial charge on any atom is 0.254 e. The van der Waals surface area contributed by atoms with Crippen LogP contribution in [0.1, 0.15) is 55.3 Å². The van der Waals surface area contributed by atoms with Crippen LogP contribution in [0.15, 0.2) is 40.3 Å². The first-order chi connectivity index (χ1) is 13.1. The van der Waals surface area contributed by atoms with Crippen LogP contribution in [0.2, 0.25) is 0 Å². The van der Waals surface area contributed by atoms with Gasteiger partial charge in [-0.15, -0.1) is 0 Å². The minimum atomic E-state index is -0.136. The van der Waals surface area contributed by atoms with E-state index in [1.807, 2.05) is 25.1 Å². The van der Waals surface area contributed by atoms with E-state index in [4.69, 9.17) is 0 Å². The fraction of sp³-hybridized carbons (Fsp3) is 0.476. The van der Waals surface area contributed by atoms with Crippen molar-refractivity contribution in [1.29, 1.82) is 0 Å². The summed E-state index contributed by atoms with van der Waals surface area (Å²) < 4.78 is 0. The van der Waals surface area contributed by atoms with Gasteiger partial charge in [0.25, 0.3) is 5.56 Å². The lowest BCUT2D eigenvalue weighted by atomic mass is 9.95. The molecule has 0 spiro atoms. The van der Waals surface area contributed by atoms with Gasteiger partial charge in [-0.2, -0.15) is 0 Å². The monoisotopic (exact) mass is 385 g/mol. The molecule has 3 rings (SSSR count). The van der Waals surface area contributed by atoms with E-state index in [9.17, 15) is 9.59 Å². The summed E-state index contributed by atoms with van der Waals surface area (Å²) in [6.45, 7) is 1.84. The first-order valence-electron chi connectivity index (χ1n) is 9.67. The molecule has 1 aliphatic rings. The molecule has 0 bridgehead atoms. The molecule has 2 N–H and O–H groups in total. The van der Waals surface area contributed by atoms with Gasteiger partial charge in [0.2, 0.25) is 5.91 Å². The van der Waals surface area contributed by atoms with Gasteiger partial charge >= 0.3 is 0 Å². The van der Waals surface area contributed by atoms with Crippen molar-refractivity contribution in [3.05, 3.63) is 57.5 Å². The van der Waals surface area contributed by atoms with Crippen molar-refractivity contribution in [2.45, 2.75) is 68.8 Å². The molecule has 2 aromatic rings. The quantitative estimate of drug-likeness (QED) is 0.562. The minimum absolute atomic E-state index is 0.0308. The van der Waals surface area contributed by atoms with Gasteiger partial charge in [-0.05, 0) is 31.7 Å². The molecule has 0 atom stereocenters. The number of carbonyl (C=O) groups excluding carboxylic acids is 1. The van der Waals surface area contributed by atoms with Crippen molar-refractivity contribution in [3.63, 3.8) is 0 Å². The SMILES string of the molecule is Cc1nc(SCc2ccccc2)[nH]c(=O)c1CCC(=O)NC1CCCCC1. The molecule has 1 fully saturated rings. The van der Waals surface area contributed by atoms with Gasteiger partial charge in [-0.25, -0.2) is 4.98 Å². The Kier molecular flexibility index (Phi) is 7.10. The van der Waals surface area contributed by atoms with Crippen LogP contribution in [0.25, 0.3) is 0 Å². The van der Waals surface area contributed by atoms with Crippen LogP contribution >= 0.6 is 11.8 Å². The van der Waals surface area contributed by atoms with Crippen molar-refractivity contribution >= 4 is 17.7 Å². The number of amides is 1. The average Bonchev–Trinajstić information content (AvgIpc) is 2.67. The van der Waals surface area contributed by atoms with Crippen LogP contribution < -0.4 is 10.9 Å². The number of nitrogens with zero attached hydrogens (tertiary/aromatic N) is 1. The Labute approximate surface area is 164 Å². The molecule has 6 heteroatoms. The van der Waals surface area contributed by atoms with E-state index in [1.165, 1.54) is 36.6 Å². The van der Waals surface area contributed by atoms with Gasteiger partial charge in [0.1, 0.15) is 0 Å². The van der Waals surface area contributed by atoms with E-state index in [0.29, 0.717) is 35.3 Å². The molecule has 0 radical (unpaired) electrons.